The number of hydrogen-bond acceptors (Lipinski definition) is 8. The van der Waals surface area contributed by atoms with E-state index >= 15 is 0 Å². The maximum atomic E-state index is 13.2. The Bertz CT molecular complexity index is 989. The molecule has 200 valence electrons. The van der Waals surface area contributed by atoms with Gasteiger partial charge in [0.2, 0.25) is 0 Å². The van der Waals surface area contributed by atoms with Crippen molar-refractivity contribution < 1.29 is 24.4 Å². The number of nitrogens with zero attached hydrogens (tertiary/aromatic N) is 4. The lowest BCUT2D eigenvalue weighted by molar-refractivity contribution is -0.129. The summed E-state index contributed by atoms with van der Waals surface area (Å²) >= 11 is 0. The maximum Gasteiger partial charge on any atom is 0.475 e. The van der Waals surface area contributed by atoms with Crippen molar-refractivity contribution >= 4 is 19.1 Å². The molecule has 3 N–H and O–H groups in total. The summed E-state index contributed by atoms with van der Waals surface area (Å²) in [4.78, 5) is 31.8. The van der Waals surface area contributed by atoms with E-state index in [1.54, 1.807) is 11.0 Å². The number of carbonyl (C=O) groups excluding carboxylic acids is 2. The van der Waals surface area contributed by atoms with Crippen LogP contribution in [-0.2, 0) is 16.0 Å². The molecule has 1 aromatic carbocycles. The molecule has 0 bridgehead atoms. The average molecular weight is 511 g/mol. The first-order chi connectivity index (χ1) is 17.6. The van der Waals surface area contributed by atoms with E-state index in [1.807, 2.05) is 44.2 Å². The number of benzene rings is 1. The Morgan fingerprint density at radius 2 is 1.89 bits per heavy atom. The smallest absolute Gasteiger partial charge is 0.444 e. The first kappa shape index (κ1) is 28.7. The van der Waals surface area contributed by atoms with Crippen LogP contribution in [0.5, 0.6) is 0 Å². The minimum atomic E-state index is -1.76. The first-order valence-electron chi connectivity index (χ1n) is 12.8. The van der Waals surface area contributed by atoms with E-state index in [1.165, 1.54) is 0 Å². The van der Waals surface area contributed by atoms with Crippen LogP contribution in [0.4, 0.5) is 4.79 Å². The number of amides is 2. The molecule has 3 rings (SSSR count). The normalized spacial score (nSPS) is 20.6. The molecule has 0 aliphatic carbocycles. The summed E-state index contributed by atoms with van der Waals surface area (Å²) in [6.07, 6.45) is 1.83. The van der Waals surface area contributed by atoms with Crippen molar-refractivity contribution in [2.75, 3.05) is 46.3 Å². The molecule has 11 heteroatoms. The fraction of sp³-hybridized carbons (Fsp3) is 0.577. The maximum absolute atomic E-state index is 13.2. The third-order valence-electron chi connectivity index (χ3n) is 7.07. The van der Waals surface area contributed by atoms with Crippen molar-refractivity contribution in [1.82, 2.24) is 20.0 Å². The number of alkyl carbamates (subject to hydrolysis) is 1. The Labute approximate surface area is 219 Å². The first-order valence-corrected chi connectivity index (χ1v) is 12.8. The number of nitrogens with one attached hydrogen (secondary N) is 1. The molecule has 1 aromatic rings. The number of likely N-dealkylation sites (tertiary alicyclic amines) is 1. The van der Waals surface area contributed by atoms with Crippen molar-refractivity contribution in [3.05, 3.63) is 47.5 Å². The molecule has 0 spiro atoms. The summed E-state index contributed by atoms with van der Waals surface area (Å²) in [6, 6.07) is 11.3. The van der Waals surface area contributed by atoms with Gasteiger partial charge in [-0.3, -0.25) is 9.69 Å². The predicted molar refractivity (Wildman–Crippen MR) is 140 cm³/mol. The summed E-state index contributed by atoms with van der Waals surface area (Å²) in [5, 5.41) is 31.7. The highest BCUT2D eigenvalue weighted by Crippen LogP contribution is 2.22. The highest BCUT2D eigenvalue weighted by Gasteiger charge is 2.33. The van der Waals surface area contributed by atoms with Gasteiger partial charge >= 0.3 is 13.2 Å². The molecule has 0 unspecified atom stereocenters. The summed E-state index contributed by atoms with van der Waals surface area (Å²) in [5.74, 6) is -1.31. The van der Waals surface area contributed by atoms with E-state index in [0.29, 0.717) is 19.4 Å². The fourth-order valence-electron chi connectivity index (χ4n) is 4.79. The van der Waals surface area contributed by atoms with Gasteiger partial charge in [-0.25, -0.2) is 4.79 Å². The lowest BCUT2D eigenvalue weighted by Gasteiger charge is -2.42. The topological polar surface area (TPSA) is 129 Å². The van der Waals surface area contributed by atoms with Crippen LogP contribution in [0.15, 0.2) is 42.0 Å². The lowest BCUT2D eigenvalue weighted by Crippen LogP contribution is -2.53. The van der Waals surface area contributed by atoms with Gasteiger partial charge in [0.05, 0.1) is 12.5 Å². The van der Waals surface area contributed by atoms with Gasteiger partial charge in [0.1, 0.15) is 17.7 Å². The van der Waals surface area contributed by atoms with E-state index in [2.05, 4.69) is 28.2 Å². The molecule has 2 fully saturated rings. The van der Waals surface area contributed by atoms with Crippen LogP contribution in [0, 0.1) is 11.3 Å². The Morgan fingerprint density at radius 1 is 1.22 bits per heavy atom. The van der Waals surface area contributed by atoms with E-state index in [0.717, 1.165) is 31.7 Å². The van der Waals surface area contributed by atoms with E-state index < -0.39 is 30.8 Å². The third kappa shape index (κ3) is 8.30. The molecule has 2 atom stereocenters. The summed E-state index contributed by atoms with van der Waals surface area (Å²) in [6.45, 7) is 8.24. The molecule has 2 heterocycles. The molecule has 2 aliphatic rings. The number of piperidine rings is 1. The molecule has 37 heavy (non-hydrogen) atoms. The van der Waals surface area contributed by atoms with Gasteiger partial charge in [0.15, 0.2) is 0 Å². The van der Waals surface area contributed by atoms with Crippen LogP contribution in [0.25, 0.3) is 0 Å². The number of hydrogen-bond donors (Lipinski definition) is 3. The van der Waals surface area contributed by atoms with E-state index in [9.17, 15) is 24.9 Å². The van der Waals surface area contributed by atoms with Crippen molar-refractivity contribution in [2.45, 2.75) is 50.7 Å². The lowest BCUT2D eigenvalue weighted by atomic mass is 9.76. The zero-order valence-corrected chi connectivity index (χ0v) is 22.0. The number of rotatable bonds is 8. The molecular weight excluding hydrogens is 473 g/mol. The SMILES string of the molecule is CN1CCN(C(C)(C)C=C(C#N)C(=O)N2CCC[C@H](OC(=O)N[C@@H](Cc3ccccc3)B(O)O)C2)CC1. The van der Waals surface area contributed by atoms with Crippen molar-refractivity contribution in [3.63, 3.8) is 0 Å². The van der Waals surface area contributed by atoms with E-state index in [-0.39, 0.29) is 24.4 Å². The van der Waals surface area contributed by atoms with Crippen molar-refractivity contribution in [3.8, 4) is 6.07 Å². The molecule has 10 nitrogen and oxygen atoms in total. The van der Waals surface area contributed by atoms with Crippen LogP contribution < -0.4 is 5.32 Å². The second kappa shape index (κ2) is 13.1. The Hall–Kier alpha value is -2.91. The highest BCUT2D eigenvalue weighted by molar-refractivity contribution is 6.43. The van der Waals surface area contributed by atoms with Crippen LogP contribution in [0.3, 0.4) is 0 Å². The number of piperazine rings is 1. The number of carbonyl (C=O) groups is 2. The number of nitriles is 1. The molecular formula is C26H38BN5O5. The Kier molecular flexibility index (Phi) is 10.1. The fourth-order valence-corrected chi connectivity index (χ4v) is 4.79. The van der Waals surface area contributed by atoms with Crippen molar-refractivity contribution in [1.29, 1.82) is 5.26 Å². The number of ether oxygens (including phenoxy) is 1. The average Bonchev–Trinajstić information content (AvgIpc) is 2.87. The van der Waals surface area contributed by atoms with Crippen LogP contribution in [0.1, 0.15) is 32.3 Å². The monoisotopic (exact) mass is 511 g/mol. The Morgan fingerprint density at radius 3 is 2.51 bits per heavy atom. The van der Waals surface area contributed by atoms with Gasteiger partial charge in [-0.05, 0) is 51.8 Å². The van der Waals surface area contributed by atoms with Gasteiger partial charge < -0.3 is 29.9 Å². The van der Waals surface area contributed by atoms with Crippen LogP contribution in [-0.4, -0.2) is 108 Å². The minimum absolute atomic E-state index is 0.0837. The second-order valence-electron chi connectivity index (χ2n) is 10.4. The number of likely N-dealkylation sites (N-methyl/N-ethyl adjacent to an activating group) is 1. The van der Waals surface area contributed by atoms with Gasteiger partial charge in [-0.15, -0.1) is 0 Å². The van der Waals surface area contributed by atoms with Gasteiger partial charge in [0.25, 0.3) is 5.91 Å². The predicted octanol–water partition coefficient (Wildman–Crippen LogP) is 0.803. The largest absolute Gasteiger partial charge is 0.475 e. The summed E-state index contributed by atoms with van der Waals surface area (Å²) in [7, 11) is 0.318. The quantitative estimate of drug-likeness (QED) is 0.266. The van der Waals surface area contributed by atoms with Gasteiger partial charge in [-0.1, -0.05) is 30.3 Å². The standard InChI is InChI=1S/C26H38BN5O5/c1-26(2,32-14-12-30(3)13-15-32)17-21(18-28)24(33)31-11-7-10-22(19-31)37-25(34)29-23(27(35)36)16-20-8-5-4-6-9-20/h4-6,8-9,17,22-23,35-36H,7,10-16,19H2,1-3H3,(H,29,34)/t22-,23-/m0/s1. The Balaban J connectivity index is 1.58. The van der Waals surface area contributed by atoms with Gasteiger partial charge in [0, 0.05) is 38.3 Å². The summed E-state index contributed by atoms with van der Waals surface area (Å²) in [5.41, 5.74) is 0.470. The molecule has 2 aliphatic heterocycles. The van der Waals surface area contributed by atoms with Crippen molar-refractivity contribution in [2.24, 2.45) is 0 Å². The minimum Gasteiger partial charge on any atom is -0.444 e. The summed E-state index contributed by atoms with van der Waals surface area (Å²) < 4.78 is 5.53. The molecule has 0 radical (unpaired) electrons. The molecule has 2 amide bonds. The second-order valence-corrected chi connectivity index (χ2v) is 10.4. The molecule has 0 aromatic heterocycles. The zero-order chi connectivity index (χ0) is 27.0. The van der Waals surface area contributed by atoms with Crippen LogP contribution >= 0.6 is 0 Å². The third-order valence-corrected chi connectivity index (χ3v) is 7.07. The highest BCUT2D eigenvalue weighted by atomic mass is 16.6. The van der Waals surface area contributed by atoms with Crippen LogP contribution in [0.2, 0.25) is 0 Å². The van der Waals surface area contributed by atoms with Gasteiger partial charge in [-0.2, -0.15) is 5.26 Å². The molecule has 0 saturated carbocycles. The van der Waals surface area contributed by atoms with E-state index in [4.69, 9.17) is 4.74 Å². The molecule has 2 saturated heterocycles. The zero-order valence-electron chi connectivity index (χ0n) is 22.0.